The van der Waals surface area contributed by atoms with Gasteiger partial charge in [-0.05, 0) is 12.5 Å². The first-order chi connectivity index (χ1) is 14.5. The van der Waals surface area contributed by atoms with E-state index in [0.717, 1.165) is 5.56 Å². The lowest BCUT2D eigenvalue weighted by atomic mass is 10.1. The fraction of sp³-hybridized carbons (Fsp3) is 0.409. The van der Waals surface area contributed by atoms with Crippen molar-refractivity contribution in [3.05, 3.63) is 60.2 Å². The Morgan fingerprint density at radius 1 is 1.03 bits per heavy atom. The highest BCUT2D eigenvalue weighted by atomic mass is 16.2. The van der Waals surface area contributed by atoms with Crippen LogP contribution in [0.25, 0.3) is 0 Å². The lowest BCUT2D eigenvalue weighted by molar-refractivity contribution is -0.137. The van der Waals surface area contributed by atoms with Crippen molar-refractivity contribution < 1.29 is 14.4 Å². The van der Waals surface area contributed by atoms with E-state index in [4.69, 9.17) is 0 Å². The summed E-state index contributed by atoms with van der Waals surface area (Å²) in [6, 6.07) is 9.80. The maximum Gasteiger partial charge on any atom is 0.274 e. The first-order valence-corrected chi connectivity index (χ1v) is 10.2. The molecule has 4 rings (SSSR count). The normalized spacial score (nSPS) is 20.4. The Morgan fingerprint density at radius 3 is 2.40 bits per heavy atom. The van der Waals surface area contributed by atoms with Crippen molar-refractivity contribution in [1.29, 1.82) is 0 Å². The van der Waals surface area contributed by atoms with Gasteiger partial charge < -0.3 is 14.7 Å². The molecule has 2 aliphatic rings. The summed E-state index contributed by atoms with van der Waals surface area (Å²) in [5.74, 6) is -0.487. The van der Waals surface area contributed by atoms with Gasteiger partial charge in [-0.25, -0.2) is 4.98 Å². The molecule has 0 spiro atoms. The molecule has 0 N–H and O–H groups in total. The number of carbonyl (C=O) groups excluding carboxylic acids is 3. The predicted molar refractivity (Wildman–Crippen MR) is 109 cm³/mol. The zero-order valence-corrected chi connectivity index (χ0v) is 17.0. The summed E-state index contributed by atoms with van der Waals surface area (Å²) in [5, 5.41) is 0. The van der Waals surface area contributed by atoms with Crippen molar-refractivity contribution in [2.45, 2.75) is 19.4 Å². The number of nitrogens with zero attached hydrogens (tertiary/aromatic N) is 5. The van der Waals surface area contributed by atoms with Gasteiger partial charge in [0.1, 0.15) is 5.69 Å². The van der Waals surface area contributed by atoms with Crippen molar-refractivity contribution in [2.75, 3.05) is 32.7 Å². The van der Waals surface area contributed by atoms with Gasteiger partial charge in [-0.15, -0.1) is 0 Å². The Bertz CT molecular complexity index is 913. The molecule has 2 unspecified atom stereocenters. The molecule has 156 valence electrons. The minimum Gasteiger partial charge on any atom is -0.339 e. The predicted octanol–water partition coefficient (Wildman–Crippen LogP) is 1.37. The number of benzene rings is 1. The van der Waals surface area contributed by atoms with Crippen LogP contribution in [0.2, 0.25) is 0 Å². The molecule has 2 aliphatic heterocycles. The number of likely N-dealkylation sites (tertiary alicyclic amines) is 1. The van der Waals surface area contributed by atoms with Crippen LogP contribution in [0, 0.1) is 5.92 Å². The molecule has 2 atom stereocenters. The molecule has 2 saturated heterocycles. The van der Waals surface area contributed by atoms with Crippen LogP contribution in [0.15, 0.2) is 48.9 Å². The van der Waals surface area contributed by atoms with Crippen LogP contribution >= 0.6 is 0 Å². The van der Waals surface area contributed by atoms with Gasteiger partial charge >= 0.3 is 0 Å². The van der Waals surface area contributed by atoms with Gasteiger partial charge in [-0.3, -0.25) is 19.4 Å². The summed E-state index contributed by atoms with van der Waals surface area (Å²) < 4.78 is 0. The molecular formula is C22H25N5O3. The monoisotopic (exact) mass is 407 g/mol. The molecule has 1 aromatic heterocycles. The van der Waals surface area contributed by atoms with E-state index in [2.05, 4.69) is 9.97 Å². The van der Waals surface area contributed by atoms with E-state index in [0.29, 0.717) is 38.4 Å². The maximum absolute atomic E-state index is 13.0. The lowest BCUT2D eigenvalue weighted by Crippen LogP contribution is -2.52. The van der Waals surface area contributed by atoms with Crippen molar-refractivity contribution in [1.82, 2.24) is 24.7 Å². The molecule has 2 fully saturated rings. The SMILES string of the molecule is CC(c1ccccc1)N1CC(C(=O)N2CCN(C(=O)c3cnccn3)CC2)CC1=O. The second-order valence-corrected chi connectivity index (χ2v) is 7.74. The smallest absolute Gasteiger partial charge is 0.274 e. The molecule has 0 radical (unpaired) electrons. The molecule has 8 heteroatoms. The van der Waals surface area contributed by atoms with E-state index in [-0.39, 0.29) is 36.1 Å². The van der Waals surface area contributed by atoms with E-state index < -0.39 is 0 Å². The molecule has 3 heterocycles. The van der Waals surface area contributed by atoms with E-state index in [1.165, 1.54) is 18.6 Å². The fourth-order valence-corrected chi connectivity index (χ4v) is 4.14. The highest BCUT2D eigenvalue weighted by Gasteiger charge is 2.39. The van der Waals surface area contributed by atoms with Gasteiger partial charge in [0, 0.05) is 51.5 Å². The Labute approximate surface area is 175 Å². The van der Waals surface area contributed by atoms with Crippen LogP contribution in [0.1, 0.15) is 35.4 Å². The molecule has 0 aliphatic carbocycles. The summed E-state index contributed by atoms with van der Waals surface area (Å²) in [6.45, 7) is 4.26. The quantitative estimate of drug-likeness (QED) is 0.764. The highest BCUT2D eigenvalue weighted by molar-refractivity contribution is 5.92. The molecule has 1 aromatic carbocycles. The van der Waals surface area contributed by atoms with Gasteiger partial charge in [-0.1, -0.05) is 30.3 Å². The first kappa shape index (κ1) is 20.0. The van der Waals surface area contributed by atoms with Crippen molar-refractivity contribution in [2.24, 2.45) is 5.92 Å². The minimum absolute atomic E-state index is 0.00212. The minimum atomic E-state index is -0.328. The summed E-state index contributed by atoms with van der Waals surface area (Å²) in [5.41, 5.74) is 1.37. The maximum atomic E-state index is 13.0. The molecule has 2 aromatic rings. The molecular weight excluding hydrogens is 382 g/mol. The fourth-order valence-electron chi connectivity index (χ4n) is 4.14. The van der Waals surface area contributed by atoms with Crippen LogP contribution in [0.3, 0.4) is 0 Å². The zero-order chi connectivity index (χ0) is 21.1. The lowest BCUT2D eigenvalue weighted by Gasteiger charge is -2.35. The highest BCUT2D eigenvalue weighted by Crippen LogP contribution is 2.29. The largest absolute Gasteiger partial charge is 0.339 e. The standard InChI is InChI=1S/C22H25N5O3/c1-16(17-5-3-2-4-6-17)27-15-18(13-20(27)28)21(29)25-9-11-26(12-10-25)22(30)19-14-23-7-8-24-19/h2-8,14,16,18H,9-13,15H2,1H3. The Morgan fingerprint density at radius 2 is 1.73 bits per heavy atom. The summed E-state index contributed by atoms with van der Waals surface area (Å²) in [4.78, 5) is 51.3. The zero-order valence-electron chi connectivity index (χ0n) is 17.0. The Balaban J connectivity index is 1.33. The van der Waals surface area contributed by atoms with E-state index in [1.807, 2.05) is 37.3 Å². The molecule has 8 nitrogen and oxygen atoms in total. The van der Waals surface area contributed by atoms with Gasteiger partial charge in [-0.2, -0.15) is 0 Å². The van der Waals surface area contributed by atoms with Gasteiger partial charge in [0.05, 0.1) is 18.2 Å². The van der Waals surface area contributed by atoms with Crippen molar-refractivity contribution in [3.63, 3.8) is 0 Å². The van der Waals surface area contributed by atoms with Crippen LogP contribution in [-0.4, -0.2) is 75.1 Å². The van der Waals surface area contributed by atoms with Crippen molar-refractivity contribution >= 4 is 17.7 Å². The number of piperazine rings is 1. The van der Waals surface area contributed by atoms with Gasteiger partial charge in [0.25, 0.3) is 5.91 Å². The first-order valence-electron chi connectivity index (χ1n) is 10.2. The average Bonchev–Trinajstić information content (AvgIpc) is 3.20. The van der Waals surface area contributed by atoms with Crippen molar-refractivity contribution in [3.8, 4) is 0 Å². The third-order valence-electron chi connectivity index (χ3n) is 5.92. The summed E-state index contributed by atoms with van der Waals surface area (Å²) >= 11 is 0. The molecule has 30 heavy (non-hydrogen) atoms. The van der Waals surface area contributed by atoms with E-state index in [9.17, 15) is 14.4 Å². The van der Waals surface area contributed by atoms with Crippen LogP contribution in [-0.2, 0) is 9.59 Å². The van der Waals surface area contributed by atoms with Crippen LogP contribution in [0.5, 0.6) is 0 Å². The number of carbonyl (C=O) groups is 3. The summed E-state index contributed by atoms with van der Waals surface area (Å²) in [6.07, 6.45) is 4.71. The Kier molecular flexibility index (Phi) is 5.74. The molecule has 0 bridgehead atoms. The Hall–Kier alpha value is -3.29. The second kappa shape index (κ2) is 8.61. The molecule has 3 amide bonds. The number of hydrogen-bond donors (Lipinski definition) is 0. The van der Waals surface area contributed by atoms with Crippen LogP contribution < -0.4 is 0 Å². The van der Waals surface area contributed by atoms with Crippen LogP contribution in [0.4, 0.5) is 0 Å². The van der Waals surface area contributed by atoms with E-state index >= 15 is 0 Å². The second-order valence-electron chi connectivity index (χ2n) is 7.74. The third kappa shape index (κ3) is 4.03. The topological polar surface area (TPSA) is 86.7 Å². The van der Waals surface area contributed by atoms with Gasteiger partial charge in [0.2, 0.25) is 11.8 Å². The number of rotatable bonds is 4. The third-order valence-corrected chi connectivity index (χ3v) is 5.92. The number of hydrogen-bond acceptors (Lipinski definition) is 5. The van der Waals surface area contributed by atoms with Gasteiger partial charge in [0.15, 0.2) is 0 Å². The average molecular weight is 407 g/mol. The molecule has 0 saturated carbocycles. The summed E-state index contributed by atoms with van der Waals surface area (Å²) in [7, 11) is 0. The number of aromatic nitrogens is 2. The van der Waals surface area contributed by atoms with E-state index in [1.54, 1.807) is 14.7 Å². The number of amides is 3.